The standard InChI is InChI=1S/C42H29NO/c1-2-11-30(12-3-1)31-21-23-32(24-22-31)33-25-27-36(28-26-33)43(39-19-10-15-34-13-4-6-16-37(34)39)40-18-8-7-17-38(40)42-29-35-14-5-9-20-41(35)44-42/h1-29H. The van der Waals surface area contributed by atoms with Gasteiger partial charge in [0.1, 0.15) is 11.3 Å². The number of hydrogen-bond acceptors (Lipinski definition) is 2. The summed E-state index contributed by atoms with van der Waals surface area (Å²) in [6.45, 7) is 0. The van der Waals surface area contributed by atoms with Crippen LogP contribution in [0.15, 0.2) is 180 Å². The first-order chi connectivity index (χ1) is 21.8. The Kier molecular flexibility index (Phi) is 6.51. The van der Waals surface area contributed by atoms with E-state index in [1.807, 2.05) is 18.2 Å². The van der Waals surface area contributed by atoms with Gasteiger partial charge in [-0.15, -0.1) is 0 Å². The van der Waals surface area contributed by atoms with Crippen molar-refractivity contribution in [1.29, 1.82) is 0 Å². The Bertz CT molecular complexity index is 2170. The summed E-state index contributed by atoms with van der Waals surface area (Å²) in [7, 11) is 0. The lowest BCUT2D eigenvalue weighted by molar-refractivity contribution is 0.631. The van der Waals surface area contributed by atoms with E-state index >= 15 is 0 Å². The molecular weight excluding hydrogens is 534 g/mol. The van der Waals surface area contributed by atoms with E-state index in [-0.39, 0.29) is 0 Å². The molecule has 8 rings (SSSR count). The highest BCUT2D eigenvalue weighted by Crippen LogP contribution is 2.44. The third kappa shape index (κ3) is 4.73. The van der Waals surface area contributed by atoms with E-state index in [4.69, 9.17) is 4.42 Å². The molecule has 0 unspecified atom stereocenters. The van der Waals surface area contributed by atoms with Crippen LogP contribution in [0.4, 0.5) is 17.1 Å². The van der Waals surface area contributed by atoms with E-state index < -0.39 is 0 Å². The van der Waals surface area contributed by atoms with Crippen molar-refractivity contribution >= 4 is 38.8 Å². The first-order valence-electron chi connectivity index (χ1n) is 14.9. The molecule has 44 heavy (non-hydrogen) atoms. The van der Waals surface area contributed by atoms with Gasteiger partial charge in [0.05, 0.1) is 11.4 Å². The quantitative estimate of drug-likeness (QED) is 0.200. The number of para-hydroxylation sites is 2. The molecule has 2 nitrogen and oxygen atoms in total. The highest BCUT2D eigenvalue weighted by molar-refractivity contribution is 6.01. The largest absolute Gasteiger partial charge is 0.456 e. The van der Waals surface area contributed by atoms with Gasteiger partial charge < -0.3 is 9.32 Å². The van der Waals surface area contributed by atoms with Crippen LogP contribution in [0.25, 0.3) is 55.3 Å². The van der Waals surface area contributed by atoms with Crippen molar-refractivity contribution in [2.75, 3.05) is 4.90 Å². The van der Waals surface area contributed by atoms with Crippen molar-refractivity contribution in [2.45, 2.75) is 0 Å². The lowest BCUT2D eigenvalue weighted by Gasteiger charge is -2.28. The van der Waals surface area contributed by atoms with Crippen molar-refractivity contribution in [2.24, 2.45) is 0 Å². The van der Waals surface area contributed by atoms with E-state index in [0.717, 1.165) is 39.4 Å². The van der Waals surface area contributed by atoms with Gasteiger partial charge in [0.15, 0.2) is 0 Å². The normalized spacial score (nSPS) is 11.2. The van der Waals surface area contributed by atoms with Crippen LogP contribution < -0.4 is 4.90 Å². The van der Waals surface area contributed by atoms with E-state index in [9.17, 15) is 0 Å². The van der Waals surface area contributed by atoms with Crippen molar-refractivity contribution in [1.82, 2.24) is 0 Å². The minimum absolute atomic E-state index is 0.849. The predicted octanol–water partition coefficient (Wildman–Crippen LogP) is 12.1. The van der Waals surface area contributed by atoms with Crippen LogP contribution >= 0.6 is 0 Å². The fourth-order valence-corrected chi connectivity index (χ4v) is 6.09. The molecule has 0 aliphatic heterocycles. The fraction of sp³-hybridized carbons (Fsp3) is 0. The van der Waals surface area contributed by atoms with Gasteiger partial charge in [0, 0.05) is 22.0 Å². The Hall–Kier alpha value is -5.86. The molecular formula is C42H29NO. The molecule has 0 aliphatic carbocycles. The molecule has 0 saturated heterocycles. The van der Waals surface area contributed by atoms with E-state index in [1.165, 1.54) is 33.0 Å². The minimum Gasteiger partial charge on any atom is -0.456 e. The van der Waals surface area contributed by atoms with Crippen molar-refractivity contribution in [3.63, 3.8) is 0 Å². The van der Waals surface area contributed by atoms with Crippen molar-refractivity contribution < 1.29 is 4.42 Å². The molecule has 1 aromatic heterocycles. The van der Waals surface area contributed by atoms with Gasteiger partial charge >= 0.3 is 0 Å². The number of benzene rings is 7. The van der Waals surface area contributed by atoms with Crippen LogP contribution in [0.1, 0.15) is 0 Å². The van der Waals surface area contributed by atoms with Crippen molar-refractivity contribution in [3.05, 3.63) is 176 Å². The molecule has 8 aromatic rings. The molecule has 0 bridgehead atoms. The van der Waals surface area contributed by atoms with Crippen molar-refractivity contribution in [3.8, 4) is 33.6 Å². The lowest BCUT2D eigenvalue weighted by Crippen LogP contribution is -2.11. The Balaban J connectivity index is 1.25. The predicted molar refractivity (Wildman–Crippen MR) is 185 cm³/mol. The molecule has 2 heteroatoms. The third-order valence-corrected chi connectivity index (χ3v) is 8.29. The molecule has 0 saturated carbocycles. The molecule has 1 heterocycles. The Labute approximate surface area is 257 Å². The van der Waals surface area contributed by atoms with Gasteiger partial charge in [0.2, 0.25) is 0 Å². The number of hydrogen-bond donors (Lipinski definition) is 0. The van der Waals surface area contributed by atoms with Gasteiger partial charge in [-0.2, -0.15) is 0 Å². The van der Waals surface area contributed by atoms with Crippen LogP contribution in [-0.2, 0) is 0 Å². The van der Waals surface area contributed by atoms with E-state index in [0.29, 0.717) is 0 Å². The molecule has 208 valence electrons. The summed E-state index contributed by atoms with van der Waals surface area (Å²) in [5.74, 6) is 0.849. The van der Waals surface area contributed by atoms with Crippen LogP contribution in [0, 0.1) is 0 Å². The summed E-state index contributed by atoms with van der Waals surface area (Å²) < 4.78 is 6.40. The summed E-state index contributed by atoms with van der Waals surface area (Å²) in [5.41, 5.74) is 9.99. The first kappa shape index (κ1) is 25.8. The number of fused-ring (bicyclic) bond motifs is 2. The number of nitrogens with zero attached hydrogens (tertiary/aromatic N) is 1. The van der Waals surface area contributed by atoms with Gasteiger partial charge in [-0.25, -0.2) is 0 Å². The average molecular weight is 564 g/mol. The lowest BCUT2D eigenvalue weighted by atomic mass is 9.99. The summed E-state index contributed by atoms with van der Waals surface area (Å²) in [6, 6.07) is 62.1. The zero-order valence-corrected chi connectivity index (χ0v) is 24.1. The summed E-state index contributed by atoms with van der Waals surface area (Å²) in [6.07, 6.45) is 0. The van der Waals surface area contributed by atoms with Gasteiger partial charge in [-0.05, 0) is 70.1 Å². The van der Waals surface area contributed by atoms with Crippen LogP contribution in [0.5, 0.6) is 0 Å². The van der Waals surface area contributed by atoms with Gasteiger partial charge in [-0.3, -0.25) is 0 Å². The molecule has 0 N–H and O–H groups in total. The second-order valence-corrected chi connectivity index (χ2v) is 11.0. The Morgan fingerprint density at radius 3 is 1.68 bits per heavy atom. The summed E-state index contributed by atoms with van der Waals surface area (Å²) in [5, 5.41) is 3.48. The maximum atomic E-state index is 6.40. The van der Waals surface area contributed by atoms with E-state index in [1.54, 1.807) is 0 Å². The second-order valence-electron chi connectivity index (χ2n) is 11.0. The number of anilines is 3. The molecule has 0 amide bonds. The molecule has 0 fully saturated rings. The zero-order valence-electron chi connectivity index (χ0n) is 24.1. The first-order valence-corrected chi connectivity index (χ1v) is 14.9. The highest BCUT2D eigenvalue weighted by atomic mass is 16.3. The fourth-order valence-electron chi connectivity index (χ4n) is 6.09. The van der Waals surface area contributed by atoms with E-state index in [2.05, 4.69) is 163 Å². The van der Waals surface area contributed by atoms with Gasteiger partial charge in [-0.1, -0.05) is 133 Å². The SMILES string of the molecule is c1ccc(-c2ccc(-c3ccc(N(c4ccccc4-c4cc5ccccc5o4)c4cccc5ccccc45)cc3)cc2)cc1. The van der Waals surface area contributed by atoms with Crippen LogP contribution in [0.3, 0.4) is 0 Å². The summed E-state index contributed by atoms with van der Waals surface area (Å²) >= 11 is 0. The molecule has 0 atom stereocenters. The molecule has 0 spiro atoms. The molecule has 0 radical (unpaired) electrons. The average Bonchev–Trinajstić information content (AvgIpc) is 3.54. The number of rotatable bonds is 6. The monoisotopic (exact) mass is 563 g/mol. The highest BCUT2D eigenvalue weighted by Gasteiger charge is 2.20. The van der Waals surface area contributed by atoms with Crippen LogP contribution in [0.2, 0.25) is 0 Å². The smallest absolute Gasteiger partial charge is 0.137 e. The van der Waals surface area contributed by atoms with Crippen LogP contribution in [-0.4, -0.2) is 0 Å². The minimum atomic E-state index is 0.849. The molecule has 0 aliphatic rings. The van der Waals surface area contributed by atoms with Gasteiger partial charge in [0.25, 0.3) is 0 Å². The topological polar surface area (TPSA) is 16.4 Å². The Morgan fingerprint density at radius 2 is 0.932 bits per heavy atom. The maximum Gasteiger partial charge on any atom is 0.137 e. The number of furan rings is 1. The molecule has 7 aromatic carbocycles. The maximum absolute atomic E-state index is 6.40. The third-order valence-electron chi connectivity index (χ3n) is 8.29. The summed E-state index contributed by atoms with van der Waals surface area (Å²) in [4.78, 5) is 2.35. The zero-order chi connectivity index (χ0) is 29.3. The Morgan fingerprint density at radius 1 is 0.386 bits per heavy atom. The second kappa shape index (κ2) is 11.1.